The number of anilines is 1. The van der Waals surface area contributed by atoms with Crippen molar-refractivity contribution in [2.75, 3.05) is 11.5 Å². The van der Waals surface area contributed by atoms with Gasteiger partial charge in [0.1, 0.15) is 23.9 Å². The molecule has 1 atom stereocenters. The number of ketones is 1. The molecule has 1 aliphatic rings. The number of fused-ring (bicyclic) bond motifs is 1. The molecule has 0 bridgehead atoms. The summed E-state index contributed by atoms with van der Waals surface area (Å²) in [5.41, 5.74) is 4.91. The number of nitrogens with zero attached hydrogens (tertiary/aromatic N) is 2. The number of aliphatic hydroxyl groups excluding tert-OH is 1. The van der Waals surface area contributed by atoms with Crippen LogP contribution in [-0.2, 0) is 16.2 Å². The lowest BCUT2D eigenvalue weighted by atomic mass is 9.95. The number of aliphatic hydroxyl groups is 1. The molecule has 5 aromatic rings. The summed E-state index contributed by atoms with van der Waals surface area (Å²) in [5, 5.41) is 12.0. The van der Waals surface area contributed by atoms with E-state index < -0.39 is 17.7 Å². The Kier molecular flexibility index (Phi) is 8.17. The highest BCUT2D eigenvalue weighted by atomic mass is 32.1. The topological polar surface area (TPSA) is 89.0 Å². The first-order valence-corrected chi connectivity index (χ1v) is 15.3. The zero-order valence-corrected chi connectivity index (χ0v) is 25.6. The van der Waals surface area contributed by atoms with Crippen molar-refractivity contribution in [1.29, 1.82) is 0 Å². The van der Waals surface area contributed by atoms with E-state index in [1.807, 2.05) is 87.5 Å². The van der Waals surface area contributed by atoms with Gasteiger partial charge >= 0.3 is 5.91 Å². The predicted molar refractivity (Wildman–Crippen MR) is 173 cm³/mol. The Morgan fingerprint density at radius 1 is 0.909 bits per heavy atom. The lowest BCUT2D eigenvalue weighted by Gasteiger charge is -2.23. The number of carbonyl (C=O) groups excluding carboxylic acids is 2. The van der Waals surface area contributed by atoms with Crippen molar-refractivity contribution < 1.29 is 24.2 Å². The Bertz CT molecular complexity index is 1880. The first kappa shape index (κ1) is 29.1. The van der Waals surface area contributed by atoms with Crippen LogP contribution in [0.5, 0.6) is 11.5 Å². The molecule has 44 heavy (non-hydrogen) atoms. The number of benzene rings is 4. The largest absolute Gasteiger partial charge is 0.507 e. The SMILES string of the molecule is CCCOc1cccc(C(O)=C2C(=O)C(=O)N(c3nc4c(C)cc(C)cc4s3)C2c2ccc(OCc3ccccc3)cc2)c1. The molecule has 1 unspecified atom stereocenters. The van der Waals surface area contributed by atoms with Crippen LogP contribution in [0, 0.1) is 13.8 Å². The standard InChI is InChI=1S/C36H32N2O5S/c1-4-17-42-28-12-8-11-26(20-28)33(39)30-32(25-13-15-27(16-14-25)43-21-24-9-6-5-7-10-24)38(35(41)34(30)40)36-37-31-23(3)18-22(2)19-29(31)44-36/h5-16,18-20,32,39H,4,17,21H2,1-3H3. The second kappa shape index (κ2) is 12.3. The molecule has 1 aliphatic heterocycles. The minimum absolute atomic E-state index is 0.00671. The van der Waals surface area contributed by atoms with E-state index in [9.17, 15) is 14.7 Å². The molecule has 7 nitrogen and oxygen atoms in total. The van der Waals surface area contributed by atoms with Crippen molar-refractivity contribution >= 4 is 44.1 Å². The van der Waals surface area contributed by atoms with Gasteiger partial charge in [0, 0.05) is 5.56 Å². The maximum Gasteiger partial charge on any atom is 0.301 e. The van der Waals surface area contributed by atoms with Crippen LogP contribution in [-0.4, -0.2) is 28.4 Å². The third-order valence-electron chi connectivity index (χ3n) is 7.49. The zero-order chi connectivity index (χ0) is 30.8. The first-order valence-electron chi connectivity index (χ1n) is 14.5. The van der Waals surface area contributed by atoms with Gasteiger partial charge in [0.15, 0.2) is 5.13 Å². The summed E-state index contributed by atoms with van der Waals surface area (Å²) < 4.78 is 12.7. The van der Waals surface area contributed by atoms with Crippen LogP contribution in [0.1, 0.15) is 47.2 Å². The molecule has 0 saturated carbocycles. The number of rotatable bonds is 9. The number of Topliss-reactive ketones (excluding diaryl/α,β-unsaturated/α-hetero) is 1. The van der Waals surface area contributed by atoms with E-state index >= 15 is 0 Å². The molecule has 8 heteroatoms. The highest BCUT2D eigenvalue weighted by molar-refractivity contribution is 7.22. The van der Waals surface area contributed by atoms with Crippen LogP contribution < -0.4 is 14.4 Å². The molecule has 1 aromatic heterocycles. The molecule has 0 radical (unpaired) electrons. The molecule has 1 N–H and O–H groups in total. The number of amides is 1. The van der Waals surface area contributed by atoms with Gasteiger partial charge in [-0.15, -0.1) is 0 Å². The van der Waals surface area contributed by atoms with Crippen molar-refractivity contribution in [3.8, 4) is 11.5 Å². The molecule has 1 saturated heterocycles. The molecular formula is C36H32N2O5S. The van der Waals surface area contributed by atoms with E-state index in [4.69, 9.17) is 14.5 Å². The summed E-state index contributed by atoms with van der Waals surface area (Å²) >= 11 is 1.35. The first-order chi connectivity index (χ1) is 21.3. The summed E-state index contributed by atoms with van der Waals surface area (Å²) in [5.74, 6) is -0.577. The number of hydrogen-bond donors (Lipinski definition) is 1. The number of hydrogen-bond acceptors (Lipinski definition) is 7. The third-order valence-corrected chi connectivity index (χ3v) is 8.50. The number of aromatic nitrogens is 1. The highest BCUT2D eigenvalue weighted by Crippen LogP contribution is 2.45. The maximum absolute atomic E-state index is 13.7. The van der Waals surface area contributed by atoms with Crippen molar-refractivity contribution in [1.82, 2.24) is 4.98 Å². The number of thiazole rings is 1. The van der Waals surface area contributed by atoms with Gasteiger partial charge in [-0.05, 0) is 72.9 Å². The van der Waals surface area contributed by atoms with Crippen molar-refractivity contribution in [3.63, 3.8) is 0 Å². The Morgan fingerprint density at radius 3 is 2.43 bits per heavy atom. The molecule has 1 amide bonds. The Labute approximate surface area is 260 Å². The molecule has 4 aromatic carbocycles. The average Bonchev–Trinajstić information content (AvgIpc) is 3.57. The normalized spacial score (nSPS) is 16.1. The number of carbonyl (C=O) groups is 2. The molecule has 222 valence electrons. The number of ether oxygens (including phenoxy) is 2. The van der Waals surface area contributed by atoms with Crippen LogP contribution in [0.3, 0.4) is 0 Å². The Hall–Kier alpha value is -4.95. The van der Waals surface area contributed by atoms with Gasteiger partial charge in [-0.1, -0.05) is 78.9 Å². The molecule has 1 fully saturated rings. The molecule has 0 spiro atoms. The molecule has 6 rings (SSSR count). The summed E-state index contributed by atoms with van der Waals surface area (Å²) in [4.78, 5) is 33.7. The van der Waals surface area contributed by atoms with Crippen LogP contribution in [0.15, 0.2) is 96.6 Å². The quantitative estimate of drug-likeness (QED) is 0.105. The van der Waals surface area contributed by atoms with Gasteiger partial charge in [0.05, 0.1) is 28.4 Å². The van der Waals surface area contributed by atoms with Crippen LogP contribution in [0.2, 0.25) is 0 Å². The fourth-order valence-corrected chi connectivity index (χ4v) is 6.57. The third kappa shape index (κ3) is 5.68. The molecule has 2 heterocycles. The van der Waals surface area contributed by atoms with Crippen LogP contribution >= 0.6 is 11.3 Å². The monoisotopic (exact) mass is 604 g/mol. The fraction of sp³-hybridized carbons (Fsp3) is 0.194. The summed E-state index contributed by atoms with van der Waals surface area (Å²) in [6, 6.07) is 27.2. The number of aryl methyl sites for hydroxylation is 2. The van der Waals surface area contributed by atoms with Gasteiger partial charge in [-0.3, -0.25) is 14.5 Å². The van der Waals surface area contributed by atoms with E-state index in [1.54, 1.807) is 24.3 Å². The zero-order valence-electron chi connectivity index (χ0n) is 24.7. The van der Waals surface area contributed by atoms with Crippen molar-refractivity contribution in [2.24, 2.45) is 0 Å². The Morgan fingerprint density at radius 2 is 1.68 bits per heavy atom. The van der Waals surface area contributed by atoms with Crippen LogP contribution in [0.25, 0.3) is 16.0 Å². The summed E-state index contributed by atoms with van der Waals surface area (Å²) in [6.45, 7) is 6.92. The van der Waals surface area contributed by atoms with Gasteiger partial charge in [-0.2, -0.15) is 0 Å². The van der Waals surface area contributed by atoms with E-state index in [1.165, 1.54) is 16.2 Å². The van der Waals surface area contributed by atoms with E-state index in [0.29, 0.717) is 41.0 Å². The fourth-order valence-electron chi connectivity index (χ4n) is 5.40. The summed E-state index contributed by atoms with van der Waals surface area (Å²) in [7, 11) is 0. The lowest BCUT2D eigenvalue weighted by Crippen LogP contribution is -2.29. The van der Waals surface area contributed by atoms with Gasteiger partial charge < -0.3 is 14.6 Å². The molecular weight excluding hydrogens is 572 g/mol. The highest BCUT2D eigenvalue weighted by Gasteiger charge is 2.48. The maximum atomic E-state index is 13.7. The minimum atomic E-state index is -0.902. The van der Waals surface area contributed by atoms with Crippen molar-refractivity contribution in [3.05, 3.63) is 124 Å². The van der Waals surface area contributed by atoms with Gasteiger partial charge in [0.2, 0.25) is 0 Å². The van der Waals surface area contributed by atoms with Gasteiger partial charge in [0.25, 0.3) is 5.78 Å². The second-order valence-electron chi connectivity index (χ2n) is 10.8. The predicted octanol–water partition coefficient (Wildman–Crippen LogP) is 7.91. The minimum Gasteiger partial charge on any atom is -0.507 e. The average molecular weight is 605 g/mol. The van der Waals surface area contributed by atoms with Gasteiger partial charge in [-0.25, -0.2) is 4.98 Å². The van der Waals surface area contributed by atoms with Crippen molar-refractivity contribution in [2.45, 2.75) is 39.8 Å². The van der Waals surface area contributed by atoms with E-state index in [-0.39, 0.29) is 11.3 Å². The molecule has 0 aliphatic carbocycles. The van der Waals surface area contributed by atoms with E-state index in [2.05, 4.69) is 0 Å². The smallest absolute Gasteiger partial charge is 0.301 e. The van der Waals surface area contributed by atoms with E-state index in [0.717, 1.165) is 33.3 Å². The lowest BCUT2D eigenvalue weighted by molar-refractivity contribution is -0.132. The second-order valence-corrected chi connectivity index (χ2v) is 11.8. The Balaban J connectivity index is 1.44. The van der Waals surface area contributed by atoms with Crippen LogP contribution in [0.4, 0.5) is 5.13 Å². The summed E-state index contributed by atoms with van der Waals surface area (Å²) in [6.07, 6.45) is 0.827.